The molecule has 1 N–H and O–H groups in total. The summed E-state index contributed by atoms with van der Waals surface area (Å²) in [6.07, 6.45) is 0.595. The van der Waals surface area contributed by atoms with Crippen molar-refractivity contribution in [2.75, 3.05) is 30.4 Å². The Bertz CT molecular complexity index is 1310. The van der Waals surface area contributed by atoms with Gasteiger partial charge in [-0.15, -0.1) is 0 Å². The molecule has 0 saturated carbocycles. The van der Waals surface area contributed by atoms with E-state index >= 15 is 0 Å². The van der Waals surface area contributed by atoms with Crippen LogP contribution in [0.5, 0.6) is 0 Å². The van der Waals surface area contributed by atoms with E-state index in [2.05, 4.69) is 15.5 Å². The third-order valence-corrected chi connectivity index (χ3v) is 8.18. The van der Waals surface area contributed by atoms with E-state index in [1.807, 2.05) is 79.3 Å². The van der Waals surface area contributed by atoms with E-state index in [1.165, 1.54) is 0 Å². The molecule has 10 heteroatoms. The molecule has 0 bridgehead atoms. The zero-order chi connectivity index (χ0) is 24.6. The van der Waals surface area contributed by atoms with E-state index in [0.717, 1.165) is 39.7 Å². The van der Waals surface area contributed by atoms with Gasteiger partial charge < -0.3 is 5.32 Å². The molecule has 0 spiro atoms. The van der Waals surface area contributed by atoms with Crippen LogP contribution in [0.25, 0.3) is 5.69 Å². The number of para-hydroxylation sites is 1. The van der Waals surface area contributed by atoms with E-state index in [0.29, 0.717) is 13.0 Å². The quantitative estimate of drug-likeness (QED) is 0.553. The van der Waals surface area contributed by atoms with Crippen LogP contribution < -0.4 is 5.32 Å². The SMILES string of the molecule is Cc1nn([C@@H]2CCS(=O)(=O)C2)c(C)c1CN(C)CC(=O)Nc1c(C)nn(-c2ccccc2)c1C. The molecule has 9 nitrogen and oxygen atoms in total. The highest BCUT2D eigenvalue weighted by atomic mass is 32.2. The van der Waals surface area contributed by atoms with Crippen LogP contribution in [-0.4, -0.2) is 63.9 Å². The molecule has 34 heavy (non-hydrogen) atoms. The van der Waals surface area contributed by atoms with Gasteiger partial charge in [0.25, 0.3) is 0 Å². The van der Waals surface area contributed by atoms with E-state index < -0.39 is 9.84 Å². The molecule has 3 aromatic rings. The van der Waals surface area contributed by atoms with Gasteiger partial charge in [-0.2, -0.15) is 10.2 Å². The highest BCUT2D eigenvalue weighted by Gasteiger charge is 2.31. The number of sulfone groups is 1. The molecule has 0 radical (unpaired) electrons. The number of hydrogen-bond donors (Lipinski definition) is 1. The number of anilines is 1. The normalized spacial score (nSPS) is 17.4. The number of carbonyl (C=O) groups excluding carboxylic acids is 1. The maximum atomic E-state index is 12.8. The fourth-order valence-electron chi connectivity index (χ4n) is 4.64. The van der Waals surface area contributed by atoms with Crippen molar-refractivity contribution >= 4 is 21.4 Å². The minimum absolute atomic E-state index is 0.113. The first-order chi connectivity index (χ1) is 16.1. The minimum Gasteiger partial charge on any atom is -0.322 e. The fourth-order valence-corrected chi connectivity index (χ4v) is 6.34. The summed E-state index contributed by atoms with van der Waals surface area (Å²) < 4.78 is 27.5. The Morgan fingerprint density at radius 2 is 1.79 bits per heavy atom. The summed E-state index contributed by atoms with van der Waals surface area (Å²) >= 11 is 0. The monoisotopic (exact) mass is 484 g/mol. The van der Waals surface area contributed by atoms with Crippen LogP contribution in [0.1, 0.15) is 40.8 Å². The molecule has 0 unspecified atom stereocenters. The molecule has 1 atom stereocenters. The molecule has 1 amide bonds. The largest absolute Gasteiger partial charge is 0.322 e. The Labute approximate surface area is 200 Å². The Balaban J connectivity index is 1.42. The van der Waals surface area contributed by atoms with Crippen molar-refractivity contribution in [2.24, 2.45) is 0 Å². The van der Waals surface area contributed by atoms with Crippen molar-refractivity contribution in [1.29, 1.82) is 0 Å². The first-order valence-electron chi connectivity index (χ1n) is 11.4. The highest BCUT2D eigenvalue weighted by Crippen LogP contribution is 2.27. The number of nitrogens with zero attached hydrogens (tertiary/aromatic N) is 5. The average Bonchev–Trinajstić information content (AvgIpc) is 3.38. The van der Waals surface area contributed by atoms with Crippen LogP contribution in [0, 0.1) is 27.7 Å². The molecule has 1 saturated heterocycles. The van der Waals surface area contributed by atoms with E-state index in [1.54, 1.807) is 0 Å². The minimum atomic E-state index is -2.99. The number of aryl methyl sites for hydroxylation is 2. The van der Waals surface area contributed by atoms with Crippen LogP contribution in [0.4, 0.5) is 5.69 Å². The molecule has 1 aliphatic rings. The smallest absolute Gasteiger partial charge is 0.238 e. The summed E-state index contributed by atoms with van der Waals surface area (Å²) in [5.41, 5.74) is 6.16. The third kappa shape index (κ3) is 4.92. The van der Waals surface area contributed by atoms with Crippen molar-refractivity contribution in [1.82, 2.24) is 24.5 Å². The summed E-state index contributed by atoms with van der Waals surface area (Å²) in [6.45, 7) is 8.48. The van der Waals surface area contributed by atoms with Gasteiger partial charge in [-0.3, -0.25) is 14.4 Å². The lowest BCUT2D eigenvalue weighted by atomic mass is 10.1. The second kappa shape index (κ2) is 9.34. The molecule has 2 aromatic heterocycles. The van der Waals surface area contributed by atoms with Crippen LogP contribution in [0.15, 0.2) is 30.3 Å². The zero-order valence-electron chi connectivity index (χ0n) is 20.4. The van der Waals surface area contributed by atoms with Crippen molar-refractivity contribution in [3.8, 4) is 5.69 Å². The van der Waals surface area contributed by atoms with Gasteiger partial charge in [-0.1, -0.05) is 18.2 Å². The molecule has 0 aliphatic carbocycles. The molecule has 1 aliphatic heterocycles. The van der Waals surface area contributed by atoms with Crippen molar-refractivity contribution in [3.63, 3.8) is 0 Å². The number of benzene rings is 1. The predicted molar refractivity (Wildman–Crippen MR) is 132 cm³/mol. The van der Waals surface area contributed by atoms with Gasteiger partial charge in [0.1, 0.15) is 0 Å². The van der Waals surface area contributed by atoms with Gasteiger partial charge in [0.2, 0.25) is 5.91 Å². The van der Waals surface area contributed by atoms with Gasteiger partial charge in [0, 0.05) is 17.8 Å². The number of aromatic nitrogens is 4. The Hall–Kier alpha value is -2.98. The van der Waals surface area contributed by atoms with Crippen molar-refractivity contribution in [2.45, 2.75) is 46.7 Å². The number of rotatable bonds is 7. The number of carbonyl (C=O) groups is 1. The van der Waals surface area contributed by atoms with Gasteiger partial charge in [-0.05, 0) is 53.3 Å². The van der Waals surface area contributed by atoms with E-state index in [9.17, 15) is 13.2 Å². The average molecular weight is 485 g/mol. The zero-order valence-corrected chi connectivity index (χ0v) is 21.2. The van der Waals surface area contributed by atoms with Crippen LogP contribution >= 0.6 is 0 Å². The van der Waals surface area contributed by atoms with Crippen LogP contribution in [0.2, 0.25) is 0 Å². The second-order valence-corrected chi connectivity index (χ2v) is 11.4. The van der Waals surface area contributed by atoms with E-state index in [-0.39, 0.29) is 30.0 Å². The van der Waals surface area contributed by atoms with Crippen molar-refractivity contribution in [3.05, 3.63) is 58.7 Å². The van der Waals surface area contributed by atoms with Crippen molar-refractivity contribution < 1.29 is 13.2 Å². The summed E-state index contributed by atoms with van der Waals surface area (Å²) in [4.78, 5) is 14.8. The molecule has 4 rings (SSSR count). The van der Waals surface area contributed by atoms with Gasteiger partial charge in [0.15, 0.2) is 9.84 Å². The number of hydrogen-bond acceptors (Lipinski definition) is 6. The lowest BCUT2D eigenvalue weighted by molar-refractivity contribution is -0.117. The molecule has 1 fully saturated rings. The molecule has 182 valence electrons. The summed E-state index contributed by atoms with van der Waals surface area (Å²) in [6, 6.07) is 9.71. The van der Waals surface area contributed by atoms with Gasteiger partial charge >= 0.3 is 0 Å². The predicted octanol–water partition coefficient (Wildman–Crippen LogP) is 2.73. The molecule has 1 aromatic carbocycles. The van der Waals surface area contributed by atoms with Crippen LogP contribution in [0.3, 0.4) is 0 Å². The van der Waals surface area contributed by atoms with Crippen LogP contribution in [-0.2, 0) is 21.2 Å². The Morgan fingerprint density at radius 1 is 1.09 bits per heavy atom. The molecular formula is C24H32N6O3S. The second-order valence-electron chi connectivity index (χ2n) is 9.16. The maximum Gasteiger partial charge on any atom is 0.238 e. The number of likely N-dealkylation sites (N-methyl/N-ethyl adjacent to an activating group) is 1. The topological polar surface area (TPSA) is 102 Å². The number of nitrogens with one attached hydrogen (secondary N) is 1. The Morgan fingerprint density at radius 3 is 2.44 bits per heavy atom. The number of amides is 1. The lowest BCUT2D eigenvalue weighted by Gasteiger charge is -2.17. The fraction of sp³-hybridized carbons (Fsp3) is 0.458. The van der Waals surface area contributed by atoms with Gasteiger partial charge in [-0.25, -0.2) is 13.1 Å². The standard InChI is InChI=1S/C24H32N6O3S/c1-16-22(18(3)29(26-16)21-11-12-34(32,33)15-21)13-28(5)14-23(31)25-24-17(2)27-30(19(24)4)20-9-7-6-8-10-20/h6-10,21H,11-15H2,1-5H3,(H,25,31)/t21-/m1/s1. The first-order valence-corrected chi connectivity index (χ1v) is 13.2. The third-order valence-electron chi connectivity index (χ3n) is 6.43. The first kappa shape index (κ1) is 24.2. The molecule has 3 heterocycles. The summed E-state index contributed by atoms with van der Waals surface area (Å²) in [5.74, 6) is 0.235. The highest BCUT2D eigenvalue weighted by molar-refractivity contribution is 7.91. The Kier molecular flexibility index (Phi) is 6.64. The summed E-state index contributed by atoms with van der Waals surface area (Å²) in [7, 11) is -1.10. The summed E-state index contributed by atoms with van der Waals surface area (Å²) in [5, 5.41) is 12.2. The van der Waals surface area contributed by atoms with E-state index in [4.69, 9.17) is 0 Å². The maximum absolute atomic E-state index is 12.8. The lowest BCUT2D eigenvalue weighted by Crippen LogP contribution is -2.30. The molecular weight excluding hydrogens is 452 g/mol. The van der Waals surface area contributed by atoms with Gasteiger partial charge in [0.05, 0.1) is 52.5 Å².